The summed E-state index contributed by atoms with van der Waals surface area (Å²) in [7, 11) is 1.64. The molecule has 152 valence electrons. The van der Waals surface area contributed by atoms with Crippen LogP contribution in [0.1, 0.15) is 30.9 Å². The first-order chi connectivity index (χ1) is 13.4. The van der Waals surface area contributed by atoms with E-state index in [4.69, 9.17) is 4.74 Å². The number of hydrogen-bond donors (Lipinski definition) is 1. The quantitative estimate of drug-likeness (QED) is 0.859. The van der Waals surface area contributed by atoms with Crippen molar-refractivity contribution in [1.82, 2.24) is 19.7 Å². The topological polar surface area (TPSA) is 55.2 Å². The van der Waals surface area contributed by atoms with Crippen LogP contribution in [0.5, 0.6) is 5.75 Å². The van der Waals surface area contributed by atoms with Gasteiger partial charge in [-0.25, -0.2) is 4.68 Å². The molecule has 3 heterocycles. The predicted octanol–water partition coefficient (Wildman–Crippen LogP) is 3.49. The van der Waals surface area contributed by atoms with Crippen LogP contribution in [0.4, 0.5) is 19.1 Å². The van der Waals surface area contributed by atoms with Crippen LogP contribution in [-0.2, 0) is 6.54 Å². The number of fused-ring (bicyclic) bond motifs is 1. The normalized spacial score (nSPS) is 23.9. The second kappa shape index (κ2) is 7.62. The molecule has 0 spiro atoms. The van der Waals surface area contributed by atoms with E-state index in [0.717, 1.165) is 42.9 Å². The van der Waals surface area contributed by atoms with Crippen molar-refractivity contribution in [2.24, 2.45) is 5.92 Å². The Labute approximate surface area is 161 Å². The van der Waals surface area contributed by atoms with Crippen molar-refractivity contribution < 1.29 is 17.9 Å². The molecule has 2 aliphatic rings. The minimum Gasteiger partial charge on any atom is -0.497 e. The molecule has 28 heavy (non-hydrogen) atoms. The van der Waals surface area contributed by atoms with E-state index in [1.807, 2.05) is 24.3 Å². The molecule has 6 nitrogen and oxygen atoms in total. The molecule has 2 aromatic rings. The van der Waals surface area contributed by atoms with Crippen molar-refractivity contribution in [1.29, 1.82) is 0 Å². The Morgan fingerprint density at radius 2 is 1.89 bits per heavy atom. The summed E-state index contributed by atoms with van der Waals surface area (Å²) in [6.45, 7) is 2.59. The van der Waals surface area contributed by atoms with Gasteiger partial charge in [0.15, 0.2) is 6.04 Å². The van der Waals surface area contributed by atoms with Crippen LogP contribution in [-0.4, -0.2) is 52.1 Å². The number of ether oxygens (including phenoxy) is 1. The summed E-state index contributed by atoms with van der Waals surface area (Å²) in [6.07, 6.45) is -1.40. The summed E-state index contributed by atoms with van der Waals surface area (Å²) >= 11 is 0. The van der Waals surface area contributed by atoms with E-state index in [9.17, 15) is 13.2 Å². The average molecular weight is 395 g/mol. The summed E-state index contributed by atoms with van der Waals surface area (Å²) in [6, 6.07) is 6.16. The standard InChI is InChI=1S/C19H24F3N5O/c1-28-15-4-2-13(3-5-15)11-26-8-6-14(7-9-26)16-10-17(19(20,21)22)27-18(25-16)23-12-24-27/h2-5,12,14,16-17H,6-11H2,1H3,(H,23,24,25)/t16-,17+/m0/s1. The number of alkyl halides is 3. The first-order valence-corrected chi connectivity index (χ1v) is 9.52. The molecule has 9 heteroatoms. The molecule has 1 N–H and O–H groups in total. The van der Waals surface area contributed by atoms with Gasteiger partial charge in [-0.3, -0.25) is 4.90 Å². The smallest absolute Gasteiger partial charge is 0.411 e. The molecule has 2 aliphatic heterocycles. The highest BCUT2D eigenvalue weighted by Gasteiger charge is 2.47. The lowest BCUT2D eigenvalue weighted by Gasteiger charge is -2.40. The monoisotopic (exact) mass is 395 g/mol. The van der Waals surface area contributed by atoms with Gasteiger partial charge in [0.1, 0.15) is 12.1 Å². The molecule has 1 aromatic carbocycles. The van der Waals surface area contributed by atoms with Gasteiger partial charge in [-0.1, -0.05) is 12.1 Å². The van der Waals surface area contributed by atoms with Gasteiger partial charge in [0.05, 0.1) is 7.11 Å². The Balaban J connectivity index is 1.36. The van der Waals surface area contributed by atoms with Crippen LogP contribution in [0, 0.1) is 5.92 Å². The maximum Gasteiger partial charge on any atom is 0.411 e. The molecule has 0 radical (unpaired) electrons. The van der Waals surface area contributed by atoms with E-state index in [1.165, 1.54) is 11.9 Å². The molecule has 0 bridgehead atoms. The lowest BCUT2D eigenvalue weighted by molar-refractivity contribution is -0.174. The Morgan fingerprint density at radius 1 is 1.18 bits per heavy atom. The van der Waals surface area contributed by atoms with Gasteiger partial charge in [-0.15, -0.1) is 0 Å². The zero-order valence-corrected chi connectivity index (χ0v) is 15.7. The highest BCUT2D eigenvalue weighted by atomic mass is 19.4. The number of benzene rings is 1. The number of nitrogens with zero attached hydrogens (tertiary/aromatic N) is 4. The Kier molecular flexibility index (Phi) is 5.18. The fourth-order valence-corrected chi connectivity index (χ4v) is 4.23. The number of piperidine rings is 1. The second-order valence-electron chi connectivity index (χ2n) is 7.53. The van der Waals surface area contributed by atoms with Crippen LogP contribution in [0.3, 0.4) is 0 Å². The van der Waals surface area contributed by atoms with Gasteiger partial charge < -0.3 is 10.1 Å². The summed E-state index contributed by atoms with van der Waals surface area (Å²) < 4.78 is 46.5. The van der Waals surface area contributed by atoms with Crippen molar-refractivity contribution in [2.45, 2.75) is 44.1 Å². The van der Waals surface area contributed by atoms with Crippen molar-refractivity contribution in [3.8, 4) is 5.75 Å². The minimum atomic E-state index is -4.32. The number of halogens is 3. The van der Waals surface area contributed by atoms with Crippen molar-refractivity contribution in [3.05, 3.63) is 36.2 Å². The van der Waals surface area contributed by atoms with Crippen LogP contribution < -0.4 is 10.1 Å². The largest absolute Gasteiger partial charge is 0.497 e. The van der Waals surface area contributed by atoms with E-state index >= 15 is 0 Å². The molecule has 1 saturated heterocycles. The SMILES string of the molecule is COc1ccc(CN2CCC([C@@H]3C[C@H](C(F)(F)F)n4ncnc4N3)CC2)cc1. The predicted molar refractivity (Wildman–Crippen MR) is 98.1 cm³/mol. The van der Waals surface area contributed by atoms with Gasteiger partial charge in [-0.2, -0.15) is 23.3 Å². The molecular formula is C19H24F3N5O. The third-order valence-electron chi connectivity index (χ3n) is 5.80. The van der Waals surface area contributed by atoms with Crippen molar-refractivity contribution in [2.75, 3.05) is 25.5 Å². The van der Waals surface area contributed by atoms with Crippen LogP contribution in [0.25, 0.3) is 0 Å². The maximum atomic E-state index is 13.5. The summed E-state index contributed by atoms with van der Waals surface area (Å²) in [5.74, 6) is 1.25. The van der Waals surface area contributed by atoms with Gasteiger partial charge in [-0.05, 0) is 56.0 Å². The number of aromatic nitrogens is 3. The second-order valence-corrected chi connectivity index (χ2v) is 7.53. The summed E-state index contributed by atoms with van der Waals surface area (Å²) in [5, 5.41) is 6.94. The Hall–Kier alpha value is -2.29. The molecule has 1 fully saturated rings. The molecular weight excluding hydrogens is 371 g/mol. The van der Waals surface area contributed by atoms with Gasteiger partial charge in [0.2, 0.25) is 5.95 Å². The van der Waals surface area contributed by atoms with E-state index in [-0.39, 0.29) is 24.3 Å². The lowest BCUT2D eigenvalue weighted by Crippen LogP contribution is -2.46. The fraction of sp³-hybridized carbons (Fsp3) is 0.579. The highest BCUT2D eigenvalue weighted by molar-refractivity contribution is 5.30. The molecule has 0 unspecified atom stereocenters. The van der Waals surface area contributed by atoms with Crippen molar-refractivity contribution in [3.63, 3.8) is 0 Å². The number of hydrogen-bond acceptors (Lipinski definition) is 5. The third-order valence-corrected chi connectivity index (χ3v) is 5.80. The highest BCUT2D eigenvalue weighted by Crippen LogP contribution is 2.41. The van der Waals surface area contributed by atoms with Gasteiger partial charge >= 0.3 is 6.18 Å². The molecule has 1 aromatic heterocycles. The summed E-state index contributed by atoms with van der Waals surface area (Å²) in [4.78, 5) is 6.32. The first-order valence-electron chi connectivity index (χ1n) is 9.52. The fourth-order valence-electron chi connectivity index (χ4n) is 4.23. The van der Waals surface area contributed by atoms with Crippen LogP contribution in [0.15, 0.2) is 30.6 Å². The Morgan fingerprint density at radius 3 is 2.54 bits per heavy atom. The molecule has 0 amide bonds. The number of anilines is 1. The maximum absolute atomic E-state index is 13.5. The van der Waals surface area contributed by atoms with Gasteiger partial charge in [0.25, 0.3) is 0 Å². The zero-order valence-electron chi connectivity index (χ0n) is 15.7. The number of rotatable bonds is 4. The zero-order chi connectivity index (χ0) is 19.7. The summed E-state index contributed by atoms with van der Waals surface area (Å²) in [5.41, 5.74) is 1.21. The molecule has 0 saturated carbocycles. The molecule has 0 aliphatic carbocycles. The Bertz CT molecular complexity index is 784. The number of likely N-dealkylation sites (tertiary alicyclic amines) is 1. The first kappa shape index (κ1) is 19.0. The molecule has 2 atom stereocenters. The van der Waals surface area contributed by atoms with E-state index in [1.54, 1.807) is 7.11 Å². The number of nitrogens with one attached hydrogen (secondary N) is 1. The van der Waals surface area contributed by atoms with E-state index < -0.39 is 12.2 Å². The van der Waals surface area contributed by atoms with Crippen molar-refractivity contribution >= 4 is 5.95 Å². The minimum absolute atomic E-state index is 0.00298. The van der Waals surface area contributed by atoms with E-state index in [0.29, 0.717) is 0 Å². The van der Waals surface area contributed by atoms with Gasteiger partial charge in [0, 0.05) is 12.6 Å². The van der Waals surface area contributed by atoms with Crippen LogP contribution >= 0.6 is 0 Å². The third kappa shape index (κ3) is 3.94. The average Bonchev–Trinajstić information content (AvgIpc) is 3.16. The lowest BCUT2D eigenvalue weighted by atomic mass is 9.85. The number of methoxy groups -OCH3 is 1. The molecule has 4 rings (SSSR count). The van der Waals surface area contributed by atoms with E-state index in [2.05, 4.69) is 20.3 Å². The van der Waals surface area contributed by atoms with Crippen LogP contribution in [0.2, 0.25) is 0 Å².